The Balaban J connectivity index is 2.35. The summed E-state index contributed by atoms with van der Waals surface area (Å²) < 4.78 is 17.7. The molecular formula is C41H67N3O7Si. The third-order valence-corrected chi connectivity index (χ3v) is 14.9. The molecule has 2 N–H and O–H groups in total. The molecule has 292 valence electrons. The number of hydrazine groups is 1. The molecule has 1 fully saturated rings. The number of allylic oxidation sites excluding steroid dienone is 2. The van der Waals surface area contributed by atoms with Gasteiger partial charge in [-0.05, 0) is 86.7 Å². The van der Waals surface area contributed by atoms with Crippen LogP contribution in [-0.4, -0.2) is 75.3 Å². The maximum atomic E-state index is 14.3. The van der Waals surface area contributed by atoms with Crippen LogP contribution in [0.1, 0.15) is 98.5 Å². The number of ether oxygens (including phenoxy) is 2. The molecule has 1 saturated heterocycles. The van der Waals surface area contributed by atoms with Crippen LogP contribution in [0.5, 0.6) is 5.75 Å². The standard InChI is InChI=1S/C41H67N3O7Si/c1-12-14-16-17-25-50-40(48)34-22-19-24-44(43-34)39(47)35(27-31-20-18-21-32(26-31)51-52(10,11)41(6,7)8)42-38(46)33(29(3)4)28-36(45)30(5)37(49-9)23-15-13-2/h12-13,18,20-21,26,29-30,33-35,37,43H,1-2,14-17,19,22-25,27-28H2,3-11H3,(H,42,46)/t30-,33-,34-,35-,37+/m0/s1. The van der Waals surface area contributed by atoms with Gasteiger partial charge in [-0.25, -0.2) is 5.43 Å². The van der Waals surface area contributed by atoms with E-state index in [1.807, 2.05) is 51.1 Å². The maximum Gasteiger partial charge on any atom is 0.324 e. The van der Waals surface area contributed by atoms with E-state index in [9.17, 15) is 19.2 Å². The third kappa shape index (κ3) is 13.9. The quantitative estimate of drug-likeness (QED) is 0.0548. The van der Waals surface area contributed by atoms with Crippen LogP contribution in [-0.2, 0) is 35.1 Å². The zero-order valence-corrected chi connectivity index (χ0v) is 34.4. The summed E-state index contributed by atoms with van der Waals surface area (Å²) in [7, 11) is -0.546. The zero-order valence-electron chi connectivity index (χ0n) is 33.4. The van der Waals surface area contributed by atoms with Crippen molar-refractivity contribution < 1.29 is 33.1 Å². The van der Waals surface area contributed by atoms with E-state index < -0.39 is 38.2 Å². The van der Waals surface area contributed by atoms with Gasteiger partial charge in [0.15, 0.2) is 0 Å². The first-order chi connectivity index (χ1) is 24.4. The molecule has 0 radical (unpaired) electrons. The summed E-state index contributed by atoms with van der Waals surface area (Å²) in [6.45, 7) is 24.7. The number of ketones is 1. The predicted molar refractivity (Wildman–Crippen MR) is 210 cm³/mol. The van der Waals surface area contributed by atoms with Gasteiger partial charge in [-0.1, -0.05) is 65.8 Å². The molecule has 0 spiro atoms. The van der Waals surface area contributed by atoms with Crippen LogP contribution in [0.15, 0.2) is 49.6 Å². The predicted octanol–water partition coefficient (Wildman–Crippen LogP) is 7.34. The fourth-order valence-corrected chi connectivity index (χ4v) is 6.98. The molecule has 0 bridgehead atoms. The number of hydrogen-bond donors (Lipinski definition) is 2. The molecule has 1 aliphatic heterocycles. The van der Waals surface area contributed by atoms with Crippen molar-refractivity contribution >= 4 is 31.9 Å². The van der Waals surface area contributed by atoms with Crippen molar-refractivity contribution in [1.29, 1.82) is 0 Å². The van der Waals surface area contributed by atoms with Gasteiger partial charge in [0.1, 0.15) is 23.6 Å². The monoisotopic (exact) mass is 741 g/mol. The van der Waals surface area contributed by atoms with Crippen LogP contribution >= 0.6 is 0 Å². The Morgan fingerprint density at radius 2 is 1.77 bits per heavy atom. The Labute approximate surface area is 314 Å². The average molecular weight is 742 g/mol. The minimum atomic E-state index is -2.14. The number of carbonyl (C=O) groups is 4. The highest BCUT2D eigenvalue weighted by Crippen LogP contribution is 2.37. The summed E-state index contributed by atoms with van der Waals surface area (Å²) in [5.74, 6) is -1.70. The first-order valence-corrected chi connectivity index (χ1v) is 22.0. The van der Waals surface area contributed by atoms with E-state index in [0.29, 0.717) is 32.4 Å². The molecule has 11 heteroatoms. The molecular weight excluding hydrogens is 675 g/mol. The molecule has 2 rings (SSSR count). The molecule has 10 nitrogen and oxygen atoms in total. The fourth-order valence-electron chi connectivity index (χ4n) is 5.96. The van der Waals surface area contributed by atoms with E-state index >= 15 is 0 Å². The van der Waals surface area contributed by atoms with Crippen molar-refractivity contribution in [3.63, 3.8) is 0 Å². The Morgan fingerprint density at radius 1 is 1.08 bits per heavy atom. The molecule has 0 saturated carbocycles. The lowest BCUT2D eigenvalue weighted by Gasteiger charge is -2.36. The lowest BCUT2D eigenvalue weighted by atomic mass is 9.84. The van der Waals surface area contributed by atoms with Gasteiger partial charge in [-0.15, -0.1) is 13.2 Å². The minimum absolute atomic E-state index is 0.00555. The van der Waals surface area contributed by atoms with Crippen LogP contribution in [0.3, 0.4) is 0 Å². The largest absolute Gasteiger partial charge is 0.543 e. The molecule has 1 aromatic rings. The molecule has 0 aromatic heterocycles. The summed E-state index contributed by atoms with van der Waals surface area (Å²) in [6.07, 6.45) is 8.55. The summed E-state index contributed by atoms with van der Waals surface area (Å²) in [4.78, 5) is 54.8. The van der Waals surface area contributed by atoms with Crippen molar-refractivity contribution in [1.82, 2.24) is 15.8 Å². The molecule has 52 heavy (non-hydrogen) atoms. The van der Waals surface area contributed by atoms with E-state index in [0.717, 1.165) is 37.0 Å². The second-order valence-corrected chi connectivity index (χ2v) is 20.7. The number of esters is 1. The summed E-state index contributed by atoms with van der Waals surface area (Å²) in [5, 5.41) is 4.47. The van der Waals surface area contributed by atoms with E-state index in [1.54, 1.807) is 13.2 Å². The molecule has 5 atom stereocenters. The Kier molecular flexibility index (Phi) is 18.5. The lowest BCUT2D eigenvalue weighted by molar-refractivity contribution is -0.153. The topological polar surface area (TPSA) is 123 Å². The van der Waals surface area contributed by atoms with Crippen LogP contribution in [0.2, 0.25) is 18.1 Å². The van der Waals surface area contributed by atoms with Gasteiger partial charge in [0.2, 0.25) is 14.2 Å². The van der Waals surface area contributed by atoms with Crippen LogP contribution in [0, 0.1) is 17.8 Å². The number of hydrogen-bond acceptors (Lipinski definition) is 8. The molecule has 1 heterocycles. The number of nitrogens with one attached hydrogen (secondary N) is 2. The number of nitrogens with zero attached hydrogens (tertiary/aromatic N) is 1. The summed E-state index contributed by atoms with van der Waals surface area (Å²) >= 11 is 0. The van der Waals surface area contributed by atoms with E-state index in [2.05, 4.69) is 57.8 Å². The summed E-state index contributed by atoms with van der Waals surface area (Å²) in [5.41, 5.74) is 3.90. The van der Waals surface area contributed by atoms with Crippen molar-refractivity contribution in [3.8, 4) is 5.75 Å². The van der Waals surface area contributed by atoms with Crippen molar-refractivity contribution in [2.75, 3.05) is 20.3 Å². The van der Waals surface area contributed by atoms with E-state index in [1.165, 1.54) is 5.01 Å². The van der Waals surface area contributed by atoms with Crippen LogP contribution in [0.4, 0.5) is 0 Å². The number of rotatable bonds is 22. The van der Waals surface area contributed by atoms with Crippen molar-refractivity contribution in [2.45, 2.75) is 136 Å². The van der Waals surface area contributed by atoms with Gasteiger partial charge >= 0.3 is 5.97 Å². The van der Waals surface area contributed by atoms with Gasteiger partial charge in [0.25, 0.3) is 5.91 Å². The average Bonchev–Trinajstić information content (AvgIpc) is 3.09. The van der Waals surface area contributed by atoms with Crippen LogP contribution < -0.4 is 15.2 Å². The number of unbranched alkanes of at least 4 members (excludes halogenated alkanes) is 2. The lowest BCUT2D eigenvalue weighted by Crippen LogP contribution is -2.60. The van der Waals surface area contributed by atoms with Crippen LogP contribution in [0.25, 0.3) is 0 Å². The van der Waals surface area contributed by atoms with Crippen molar-refractivity contribution in [3.05, 3.63) is 55.1 Å². The minimum Gasteiger partial charge on any atom is -0.543 e. The number of benzene rings is 1. The zero-order chi connectivity index (χ0) is 39.1. The normalized spacial score (nSPS) is 17.4. The number of Topliss-reactive ketones (excluding diaryl/α,β-unsaturated/α-hetero) is 1. The molecule has 2 amide bonds. The van der Waals surface area contributed by atoms with Gasteiger partial charge in [0.05, 0.1) is 12.7 Å². The highest BCUT2D eigenvalue weighted by atomic mass is 28.4. The van der Waals surface area contributed by atoms with Gasteiger partial charge < -0.3 is 19.2 Å². The second-order valence-electron chi connectivity index (χ2n) is 16.0. The van der Waals surface area contributed by atoms with Gasteiger partial charge in [-0.3, -0.25) is 24.2 Å². The Bertz CT molecular complexity index is 1340. The van der Waals surface area contributed by atoms with E-state index in [4.69, 9.17) is 13.9 Å². The molecule has 1 aliphatic rings. The Morgan fingerprint density at radius 3 is 2.38 bits per heavy atom. The van der Waals surface area contributed by atoms with Gasteiger partial charge in [-0.2, -0.15) is 0 Å². The molecule has 0 aliphatic carbocycles. The fraction of sp³-hybridized carbons (Fsp3) is 0.659. The number of methoxy groups -OCH3 is 1. The maximum absolute atomic E-state index is 14.3. The highest BCUT2D eigenvalue weighted by Gasteiger charge is 2.39. The Hall–Kier alpha value is -3.28. The summed E-state index contributed by atoms with van der Waals surface area (Å²) in [6, 6.07) is 6.03. The molecule has 1 aromatic carbocycles. The smallest absolute Gasteiger partial charge is 0.324 e. The van der Waals surface area contributed by atoms with E-state index in [-0.39, 0.29) is 47.5 Å². The SMILES string of the molecule is C=CCCCCOC(=O)[C@@H]1CCCN(C(=O)[C@H](Cc2cccc(O[Si](C)(C)C(C)(C)C)c2)NC(=O)[C@@H](CC(=O)[C@H](C)[C@@H](CCC=C)OC)C(C)C)N1. The second kappa shape index (κ2) is 21.4. The third-order valence-electron chi connectivity index (χ3n) is 10.5. The molecule has 0 unspecified atom stereocenters. The first kappa shape index (κ1) is 44.9. The van der Waals surface area contributed by atoms with Crippen molar-refractivity contribution in [2.24, 2.45) is 17.8 Å². The van der Waals surface area contributed by atoms with Gasteiger partial charge in [0, 0.05) is 38.3 Å². The highest BCUT2D eigenvalue weighted by molar-refractivity contribution is 6.74. The first-order valence-electron chi connectivity index (χ1n) is 19.1. The number of carbonyl (C=O) groups excluding carboxylic acids is 4. The number of amides is 2.